The summed E-state index contributed by atoms with van der Waals surface area (Å²) in [4.78, 5) is 21.6. The van der Waals surface area contributed by atoms with E-state index in [-0.39, 0.29) is 5.91 Å². The Hall–Kier alpha value is -2.62. The summed E-state index contributed by atoms with van der Waals surface area (Å²) in [6.45, 7) is 1.50. The van der Waals surface area contributed by atoms with Crippen LogP contribution in [0, 0.1) is 0 Å². The maximum atomic E-state index is 11.1. The third kappa shape index (κ3) is 2.16. The molecule has 1 aliphatic carbocycles. The van der Waals surface area contributed by atoms with Gasteiger partial charge in [0, 0.05) is 18.3 Å². The molecule has 2 aromatic carbocycles. The summed E-state index contributed by atoms with van der Waals surface area (Å²) < 4.78 is 0. The summed E-state index contributed by atoms with van der Waals surface area (Å²) >= 11 is 0. The van der Waals surface area contributed by atoms with Crippen LogP contribution in [0.5, 0.6) is 0 Å². The SMILES string of the molecule is CC(=O)Nc1ccc2c(c1)Cc1cc(NC=O)ccc1-2. The van der Waals surface area contributed by atoms with Crippen LogP contribution in [0.1, 0.15) is 18.1 Å². The molecule has 3 rings (SSSR count). The number of hydrogen-bond acceptors (Lipinski definition) is 2. The lowest BCUT2D eigenvalue weighted by molar-refractivity contribution is -0.114. The van der Waals surface area contributed by atoms with Gasteiger partial charge in [-0.1, -0.05) is 12.1 Å². The van der Waals surface area contributed by atoms with Gasteiger partial charge in [-0.3, -0.25) is 9.59 Å². The zero-order chi connectivity index (χ0) is 14.1. The Bertz CT molecular complexity index is 708. The van der Waals surface area contributed by atoms with Gasteiger partial charge in [-0.25, -0.2) is 0 Å². The van der Waals surface area contributed by atoms with Crippen molar-refractivity contribution in [3.8, 4) is 11.1 Å². The maximum Gasteiger partial charge on any atom is 0.221 e. The van der Waals surface area contributed by atoms with Gasteiger partial charge in [-0.2, -0.15) is 0 Å². The number of hydrogen-bond donors (Lipinski definition) is 2. The highest BCUT2D eigenvalue weighted by Gasteiger charge is 2.19. The van der Waals surface area contributed by atoms with Crippen LogP contribution in [0.2, 0.25) is 0 Å². The molecule has 100 valence electrons. The third-order valence-electron chi connectivity index (χ3n) is 3.43. The predicted octanol–water partition coefficient (Wildman–Crippen LogP) is 2.78. The number of fused-ring (bicyclic) bond motifs is 3. The Kier molecular flexibility index (Phi) is 2.99. The summed E-state index contributed by atoms with van der Waals surface area (Å²) in [6.07, 6.45) is 1.49. The third-order valence-corrected chi connectivity index (χ3v) is 3.43. The van der Waals surface area contributed by atoms with E-state index in [0.717, 1.165) is 17.8 Å². The van der Waals surface area contributed by atoms with Crippen molar-refractivity contribution in [2.75, 3.05) is 10.6 Å². The highest BCUT2D eigenvalue weighted by Crippen LogP contribution is 2.38. The van der Waals surface area contributed by atoms with E-state index < -0.39 is 0 Å². The van der Waals surface area contributed by atoms with Gasteiger partial charge in [0.15, 0.2) is 0 Å². The number of rotatable bonds is 3. The highest BCUT2D eigenvalue weighted by molar-refractivity contribution is 5.90. The van der Waals surface area contributed by atoms with Crippen LogP contribution in [-0.4, -0.2) is 12.3 Å². The van der Waals surface area contributed by atoms with E-state index in [1.807, 2.05) is 36.4 Å². The first-order valence-corrected chi connectivity index (χ1v) is 6.41. The number of nitrogens with one attached hydrogen (secondary N) is 2. The van der Waals surface area contributed by atoms with Crippen LogP contribution in [0.4, 0.5) is 11.4 Å². The molecule has 0 unspecified atom stereocenters. The summed E-state index contributed by atoms with van der Waals surface area (Å²) in [6, 6.07) is 11.8. The van der Waals surface area contributed by atoms with Crippen molar-refractivity contribution in [2.24, 2.45) is 0 Å². The molecule has 0 heterocycles. The van der Waals surface area contributed by atoms with Crippen molar-refractivity contribution in [3.63, 3.8) is 0 Å². The molecular weight excluding hydrogens is 252 g/mol. The number of benzene rings is 2. The topological polar surface area (TPSA) is 58.2 Å². The van der Waals surface area contributed by atoms with Gasteiger partial charge < -0.3 is 10.6 Å². The summed E-state index contributed by atoms with van der Waals surface area (Å²) in [7, 11) is 0. The number of anilines is 2. The van der Waals surface area contributed by atoms with E-state index in [0.29, 0.717) is 6.41 Å². The fraction of sp³-hybridized carbons (Fsp3) is 0.125. The monoisotopic (exact) mass is 266 g/mol. The Morgan fingerprint density at radius 2 is 1.65 bits per heavy atom. The van der Waals surface area contributed by atoms with Crippen LogP contribution in [-0.2, 0) is 16.0 Å². The molecule has 0 bridgehead atoms. The number of carbonyl (C=O) groups excluding carboxylic acids is 2. The second-order valence-corrected chi connectivity index (χ2v) is 4.86. The van der Waals surface area contributed by atoms with Gasteiger partial charge in [0.1, 0.15) is 0 Å². The van der Waals surface area contributed by atoms with Gasteiger partial charge in [-0.05, 0) is 52.9 Å². The average molecular weight is 266 g/mol. The molecule has 0 fully saturated rings. The molecule has 2 aromatic rings. The lowest BCUT2D eigenvalue weighted by atomic mass is 10.1. The Labute approximate surface area is 116 Å². The van der Waals surface area contributed by atoms with E-state index in [9.17, 15) is 9.59 Å². The standard InChI is InChI=1S/C16H14N2O2/c1-10(20)18-14-3-5-16-12(8-14)6-11-7-13(17-9-19)2-4-15(11)16/h2-5,7-9H,6H2,1H3,(H,17,19)(H,18,20). The molecule has 0 aliphatic heterocycles. The number of carbonyl (C=O) groups is 2. The van der Waals surface area contributed by atoms with Crippen molar-refractivity contribution in [1.82, 2.24) is 0 Å². The van der Waals surface area contributed by atoms with Gasteiger partial charge >= 0.3 is 0 Å². The molecule has 0 saturated carbocycles. The molecule has 0 spiro atoms. The normalized spacial score (nSPS) is 11.4. The van der Waals surface area contributed by atoms with Crippen molar-refractivity contribution >= 4 is 23.7 Å². The van der Waals surface area contributed by atoms with E-state index in [1.165, 1.54) is 29.2 Å². The summed E-state index contributed by atoms with van der Waals surface area (Å²) in [5, 5.41) is 5.46. The zero-order valence-electron chi connectivity index (χ0n) is 11.1. The Morgan fingerprint density at radius 3 is 2.25 bits per heavy atom. The minimum absolute atomic E-state index is 0.0714. The molecule has 4 nitrogen and oxygen atoms in total. The Morgan fingerprint density at radius 1 is 1.05 bits per heavy atom. The van der Waals surface area contributed by atoms with E-state index in [2.05, 4.69) is 10.6 Å². The van der Waals surface area contributed by atoms with Crippen LogP contribution >= 0.6 is 0 Å². The molecule has 0 aromatic heterocycles. The van der Waals surface area contributed by atoms with Gasteiger partial charge in [-0.15, -0.1) is 0 Å². The van der Waals surface area contributed by atoms with Crippen LogP contribution in [0.3, 0.4) is 0 Å². The molecule has 0 atom stereocenters. The maximum absolute atomic E-state index is 11.1. The van der Waals surface area contributed by atoms with Gasteiger partial charge in [0.25, 0.3) is 0 Å². The molecule has 1 aliphatic rings. The second kappa shape index (κ2) is 4.81. The van der Waals surface area contributed by atoms with E-state index >= 15 is 0 Å². The second-order valence-electron chi connectivity index (χ2n) is 4.86. The van der Waals surface area contributed by atoms with Crippen molar-refractivity contribution in [3.05, 3.63) is 47.5 Å². The first-order chi connectivity index (χ1) is 9.67. The molecule has 0 radical (unpaired) electrons. The van der Waals surface area contributed by atoms with Crippen molar-refractivity contribution < 1.29 is 9.59 Å². The first-order valence-electron chi connectivity index (χ1n) is 6.41. The number of amides is 2. The van der Waals surface area contributed by atoms with Crippen LogP contribution < -0.4 is 10.6 Å². The molecule has 4 heteroatoms. The lowest BCUT2D eigenvalue weighted by Crippen LogP contribution is -2.05. The summed E-state index contributed by atoms with van der Waals surface area (Å²) in [5.41, 5.74) is 6.36. The minimum atomic E-state index is -0.0714. The highest BCUT2D eigenvalue weighted by atomic mass is 16.1. The van der Waals surface area contributed by atoms with Crippen LogP contribution in [0.15, 0.2) is 36.4 Å². The molecular formula is C16H14N2O2. The predicted molar refractivity (Wildman–Crippen MR) is 78.7 cm³/mol. The fourth-order valence-electron chi connectivity index (χ4n) is 2.65. The quantitative estimate of drug-likeness (QED) is 0.716. The van der Waals surface area contributed by atoms with Crippen LogP contribution in [0.25, 0.3) is 11.1 Å². The van der Waals surface area contributed by atoms with Gasteiger partial charge in [0.05, 0.1) is 0 Å². The fourth-order valence-corrected chi connectivity index (χ4v) is 2.65. The van der Waals surface area contributed by atoms with E-state index in [4.69, 9.17) is 0 Å². The largest absolute Gasteiger partial charge is 0.329 e. The molecule has 20 heavy (non-hydrogen) atoms. The zero-order valence-corrected chi connectivity index (χ0v) is 11.1. The minimum Gasteiger partial charge on any atom is -0.329 e. The molecule has 2 amide bonds. The smallest absolute Gasteiger partial charge is 0.221 e. The average Bonchev–Trinajstić information content (AvgIpc) is 2.75. The van der Waals surface area contributed by atoms with Gasteiger partial charge in [0.2, 0.25) is 12.3 Å². The van der Waals surface area contributed by atoms with Crippen molar-refractivity contribution in [2.45, 2.75) is 13.3 Å². The molecule has 2 N–H and O–H groups in total. The molecule has 0 saturated heterocycles. The summed E-state index contributed by atoms with van der Waals surface area (Å²) in [5.74, 6) is -0.0714. The van der Waals surface area contributed by atoms with E-state index in [1.54, 1.807) is 0 Å². The van der Waals surface area contributed by atoms with Crippen molar-refractivity contribution in [1.29, 1.82) is 0 Å². The Balaban J connectivity index is 1.96. The lowest BCUT2D eigenvalue weighted by Gasteiger charge is -2.05. The first kappa shape index (κ1) is 12.4.